The van der Waals surface area contributed by atoms with Gasteiger partial charge in [0.1, 0.15) is 5.75 Å². The molecule has 1 amide bonds. The van der Waals surface area contributed by atoms with Crippen molar-refractivity contribution in [1.82, 2.24) is 10.2 Å². The molecule has 4 aromatic carbocycles. The Hall–Kier alpha value is -4.58. The Labute approximate surface area is 286 Å². The average Bonchev–Trinajstić information content (AvgIpc) is 3.10. The van der Waals surface area contributed by atoms with E-state index in [1.54, 1.807) is 24.3 Å². The topological polar surface area (TPSA) is 149 Å². The van der Waals surface area contributed by atoms with E-state index in [1.165, 1.54) is 0 Å². The number of carbonyl (C=O) groups excluding carboxylic acids is 1. The van der Waals surface area contributed by atoms with Gasteiger partial charge in [0.15, 0.2) is 6.29 Å². The summed E-state index contributed by atoms with van der Waals surface area (Å²) in [6.07, 6.45) is -0.913. The van der Waals surface area contributed by atoms with Gasteiger partial charge in [0.05, 0.1) is 24.9 Å². The highest BCUT2D eigenvalue weighted by atomic mass is 16.7. The molecule has 5 N–H and O–H groups in total. The molecule has 258 valence electrons. The normalized spacial score (nSPS) is 18.2. The van der Waals surface area contributed by atoms with Gasteiger partial charge in [-0.3, -0.25) is 9.59 Å². The number of nitrogens with one attached hydrogen (secondary N) is 1. The number of ether oxygens (including phenoxy) is 2. The second kappa shape index (κ2) is 17.2. The summed E-state index contributed by atoms with van der Waals surface area (Å²) in [5.74, 6) is -0.995. The minimum atomic E-state index is -0.915. The van der Waals surface area contributed by atoms with Crippen LogP contribution in [0.2, 0.25) is 0 Å². The molecule has 10 nitrogen and oxygen atoms in total. The minimum absolute atomic E-state index is 0.0392. The average molecular weight is 669 g/mol. The van der Waals surface area contributed by atoms with E-state index in [0.29, 0.717) is 38.0 Å². The highest BCUT2D eigenvalue weighted by Gasteiger charge is 2.33. The molecule has 1 aliphatic heterocycles. The molecule has 0 aromatic heterocycles. The summed E-state index contributed by atoms with van der Waals surface area (Å²) in [4.78, 5) is 25.1. The van der Waals surface area contributed by atoms with E-state index < -0.39 is 18.4 Å². The zero-order valence-corrected chi connectivity index (χ0v) is 27.6. The second-order valence-electron chi connectivity index (χ2n) is 12.5. The number of aliphatic hydroxyl groups excluding tert-OH is 2. The molecule has 4 atom stereocenters. The van der Waals surface area contributed by atoms with E-state index in [-0.39, 0.29) is 43.3 Å². The lowest BCUT2D eigenvalue weighted by Gasteiger charge is -2.38. The first-order valence-corrected chi connectivity index (χ1v) is 16.5. The van der Waals surface area contributed by atoms with Gasteiger partial charge in [-0.05, 0) is 59.0 Å². The van der Waals surface area contributed by atoms with Crippen molar-refractivity contribution in [2.24, 2.45) is 0 Å². The second-order valence-corrected chi connectivity index (χ2v) is 12.5. The van der Waals surface area contributed by atoms with Gasteiger partial charge >= 0.3 is 5.97 Å². The van der Waals surface area contributed by atoms with E-state index in [1.807, 2.05) is 84.7 Å². The monoisotopic (exact) mass is 668 g/mol. The van der Waals surface area contributed by atoms with Crippen molar-refractivity contribution in [1.29, 1.82) is 0 Å². The van der Waals surface area contributed by atoms with Gasteiger partial charge in [0, 0.05) is 44.5 Å². The molecule has 0 spiro atoms. The lowest BCUT2D eigenvalue weighted by molar-refractivity contribution is -0.252. The summed E-state index contributed by atoms with van der Waals surface area (Å²) in [6, 6.07) is 30.1. The maximum atomic E-state index is 12.3. The number of hydrogen-bond acceptors (Lipinski definition) is 8. The molecule has 0 radical (unpaired) electrons. The number of hydrogen-bond donors (Lipinski definition) is 5. The van der Waals surface area contributed by atoms with Crippen molar-refractivity contribution in [2.45, 2.75) is 63.4 Å². The number of nitrogens with zero attached hydrogens (tertiary/aromatic N) is 1. The molecule has 0 aliphatic carbocycles. The van der Waals surface area contributed by atoms with Crippen LogP contribution in [-0.2, 0) is 32.2 Å². The first-order valence-electron chi connectivity index (χ1n) is 16.5. The van der Waals surface area contributed by atoms with Gasteiger partial charge in [-0.1, -0.05) is 84.9 Å². The van der Waals surface area contributed by atoms with Crippen LogP contribution in [0.5, 0.6) is 5.75 Å². The van der Waals surface area contributed by atoms with Crippen LogP contribution in [0.25, 0.3) is 11.1 Å². The molecule has 0 saturated carbocycles. The Balaban J connectivity index is 1.29. The van der Waals surface area contributed by atoms with Crippen LogP contribution in [0, 0.1) is 0 Å². The van der Waals surface area contributed by atoms with Crippen molar-refractivity contribution in [3.8, 4) is 16.9 Å². The highest BCUT2D eigenvalue weighted by Crippen LogP contribution is 2.39. The maximum Gasteiger partial charge on any atom is 0.303 e. The Morgan fingerprint density at radius 3 is 2.37 bits per heavy atom. The van der Waals surface area contributed by atoms with Crippen LogP contribution < -0.4 is 5.32 Å². The van der Waals surface area contributed by atoms with Gasteiger partial charge in [-0.2, -0.15) is 0 Å². The third-order valence-electron chi connectivity index (χ3n) is 8.65. The number of carboxylic acids is 1. The molecule has 49 heavy (non-hydrogen) atoms. The van der Waals surface area contributed by atoms with Crippen LogP contribution in [0.4, 0.5) is 0 Å². The molecule has 0 unspecified atom stereocenters. The number of aliphatic hydroxyl groups is 2. The lowest BCUT2D eigenvalue weighted by Crippen LogP contribution is -2.39. The number of amides is 1. The number of benzene rings is 4. The summed E-state index contributed by atoms with van der Waals surface area (Å²) >= 11 is 0. The molecule has 5 rings (SSSR count). The van der Waals surface area contributed by atoms with E-state index in [9.17, 15) is 24.9 Å². The fraction of sp³-hybridized carbons (Fsp3) is 0.333. The molecule has 4 aromatic rings. The smallest absolute Gasteiger partial charge is 0.303 e. The van der Waals surface area contributed by atoms with Gasteiger partial charge in [0.2, 0.25) is 5.91 Å². The van der Waals surface area contributed by atoms with Gasteiger partial charge < -0.3 is 40.1 Å². The number of carbonyl (C=O) groups is 2. The minimum Gasteiger partial charge on any atom is -0.508 e. The molecular formula is C39H44N2O8. The first kappa shape index (κ1) is 35.7. The molecule has 1 fully saturated rings. The molecular weight excluding hydrogens is 624 g/mol. The fourth-order valence-electron chi connectivity index (χ4n) is 6.05. The van der Waals surface area contributed by atoms with Crippen molar-refractivity contribution in [2.75, 3.05) is 20.1 Å². The number of carboxylic acid groups (broad SMARTS) is 1. The number of phenolic OH excluding ortho intramolecular Hbond substituents is 1. The maximum absolute atomic E-state index is 12.3. The van der Waals surface area contributed by atoms with Crippen molar-refractivity contribution < 1.29 is 39.5 Å². The number of aliphatic carboxylic acids is 1. The van der Waals surface area contributed by atoms with Crippen LogP contribution in [0.1, 0.15) is 72.0 Å². The number of likely N-dealkylation sites (N-methyl/N-ethyl adjacent to an activating group) is 1. The standard InChI is InChI=1S/C39H44N2O8/c1-41(24-35(44)30-7-4-8-32(43)20-30)23-33-21-36(28-14-12-26(25-42)13-15-28)49-39(48-33)29-18-16-27(17-19-29)34-9-3-2-6-31(34)22-40-37(45)10-5-11-38(46)47/h2-4,6-9,12-20,33,35-36,39,42-44H,5,10-11,21-25H2,1H3,(H,40,45)(H,46,47)/t33-,35-,36+,39+/m1/s1. The van der Waals surface area contributed by atoms with Crippen LogP contribution in [-0.4, -0.2) is 63.4 Å². The molecule has 1 aliphatic rings. The predicted octanol–water partition coefficient (Wildman–Crippen LogP) is 5.63. The summed E-state index contributed by atoms with van der Waals surface area (Å²) in [6.45, 7) is 1.17. The van der Waals surface area contributed by atoms with Crippen LogP contribution >= 0.6 is 0 Å². The molecule has 0 bridgehead atoms. The van der Waals surface area contributed by atoms with E-state index in [4.69, 9.17) is 14.6 Å². The molecule has 1 heterocycles. The molecule has 1 saturated heterocycles. The van der Waals surface area contributed by atoms with Crippen molar-refractivity contribution >= 4 is 11.9 Å². The largest absolute Gasteiger partial charge is 0.508 e. The predicted molar refractivity (Wildman–Crippen MR) is 184 cm³/mol. The Kier molecular flexibility index (Phi) is 12.5. The zero-order valence-electron chi connectivity index (χ0n) is 27.6. The molecule has 10 heteroatoms. The summed E-state index contributed by atoms with van der Waals surface area (Å²) in [5.41, 5.74) is 6.15. The van der Waals surface area contributed by atoms with Crippen LogP contribution in [0.3, 0.4) is 0 Å². The first-order chi connectivity index (χ1) is 23.7. The Morgan fingerprint density at radius 2 is 1.65 bits per heavy atom. The summed E-state index contributed by atoms with van der Waals surface area (Å²) in [7, 11) is 1.93. The number of rotatable bonds is 15. The van der Waals surface area contributed by atoms with Gasteiger partial charge in [-0.25, -0.2) is 0 Å². The van der Waals surface area contributed by atoms with Gasteiger partial charge in [0.25, 0.3) is 0 Å². The van der Waals surface area contributed by atoms with E-state index >= 15 is 0 Å². The highest BCUT2D eigenvalue weighted by molar-refractivity contribution is 5.77. The van der Waals surface area contributed by atoms with Crippen molar-refractivity contribution in [3.63, 3.8) is 0 Å². The Morgan fingerprint density at radius 1 is 0.918 bits per heavy atom. The zero-order chi connectivity index (χ0) is 34.8. The quantitative estimate of drug-likeness (QED) is 0.109. The lowest BCUT2D eigenvalue weighted by atomic mass is 9.97. The van der Waals surface area contributed by atoms with E-state index in [2.05, 4.69) is 5.32 Å². The fourth-order valence-corrected chi connectivity index (χ4v) is 6.05. The third kappa shape index (κ3) is 10.2. The van der Waals surface area contributed by atoms with Gasteiger partial charge in [-0.15, -0.1) is 0 Å². The van der Waals surface area contributed by atoms with Crippen LogP contribution in [0.15, 0.2) is 97.1 Å². The Bertz CT molecular complexity index is 1680. The summed E-state index contributed by atoms with van der Waals surface area (Å²) < 4.78 is 13.0. The summed E-state index contributed by atoms with van der Waals surface area (Å²) in [5, 5.41) is 41.9. The van der Waals surface area contributed by atoms with E-state index in [0.717, 1.165) is 33.4 Å². The third-order valence-corrected chi connectivity index (χ3v) is 8.65. The number of phenols is 1. The number of aromatic hydroxyl groups is 1. The SMILES string of the molecule is CN(C[C@H]1C[C@@H](c2ccc(CO)cc2)O[C@@H](c2ccc(-c3ccccc3CNC(=O)CCCC(=O)O)cc2)O1)C[C@@H](O)c1cccc(O)c1. The van der Waals surface area contributed by atoms with Crippen molar-refractivity contribution in [3.05, 3.63) is 125 Å².